The largest absolute Gasteiger partial charge is 0.377 e. The highest BCUT2D eigenvalue weighted by Crippen LogP contribution is 2.27. The zero-order valence-corrected chi connectivity index (χ0v) is 19.8. The molecule has 1 N–H and O–H groups in total. The van der Waals surface area contributed by atoms with E-state index in [0.717, 1.165) is 25.2 Å². The van der Waals surface area contributed by atoms with Crippen LogP contribution in [0.5, 0.6) is 0 Å². The second-order valence-corrected chi connectivity index (χ2v) is 9.09. The molecule has 1 fully saturated rings. The van der Waals surface area contributed by atoms with Crippen molar-refractivity contribution in [1.29, 1.82) is 0 Å². The molecule has 0 saturated carbocycles. The van der Waals surface area contributed by atoms with Crippen molar-refractivity contribution < 1.29 is 13.9 Å². The number of halogens is 1. The Balaban J connectivity index is 1.31. The second-order valence-electron chi connectivity index (χ2n) is 8.11. The van der Waals surface area contributed by atoms with Crippen LogP contribution in [-0.4, -0.2) is 55.5 Å². The second kappa shape index (κ2) is 10.8. The van der Waals surface area contributed by atoms with Gasteiger partial charge in [0.2, 0.25) is 0 Å². The maximum absolute atomic E-state index is 14.7. The first-order valence-electron chi connectivity index (χ1n) is 11.5. The van der Waals surface area contributed by atoms with Crippen molar-refractivity contribution in [3.05, 3.63) is 84.2 Å². The van der Waals surface area contributed by atoms with Gasteiger partial charge in [0, 0.05) is 37.7 Å². The lowest BCUT2D eigenvalue weighted by Gasteiger charge is -2.13. The summed E-state index contributed by atoms with van der Waals surface area (Å²) in [5.74, 6) is 0.726. The van der Waals surface area contributed by atoms with Crippen LogP contribution in [0.3, 0.4) is 0 Å². The predicted octanol–water partition coefficient (Wildman–Crippen LogP) is 3.84. The number of benzene rings is 2. The van der Waals surface area contributed by atoms with E-state index >= 15 is 0 Å². The Hall–Kier alpha value is -3.50. The van der Waals surface area contributed by atoms with E-state index in [9.17, 15) is 9.18 Å². The van der Waals surface area contributed by atoms with E-state index in [1.807, 2.05) is 18.2 Å². The number of para-hydroxylation sites is 2. The minimum atomic E-state index is -0.357. The fourth-order valence-electron chi connectivity index (χ4n) is 4.03. The van der Waals surface area contributed by atoms with Gasteiger partial charge in [-0.25, -0.2) is 9.07 Å². The quantitative estimate of drug-likeness (QED) is 0.358. The predicted molar refractivity (Wildman–Crippen MR) is 131 cm³/mol. The van der Waals surface area contributed by atoms with E-state index in [2.05, 4.69) is 20.6 Å². The van der Waals surface area contributed by atoms with E-state index < -0.39 is 0 Å². The third kappa shape index (κ3) is 5.28. The maximum Gasteiger partial charge on any atom is 0.253 e. The molecule has 35 heavy (non-hydrogen) atoms. The summed E-state index contributed by atoms with van der Waals surface area (Å²) in [7, 11) is 0. The van der Waals surface area contributed by atoms with Crippen LogP contribution in [0.4, 0.5) is 4.39 Å². The summed E-state index contributed by atoms with van der Waals surface area (Å²) in [6.45, 7) is 1.09. The molecule has 0 aliphatic carbocycles. The summed E-state index contributed by atoms with van der Waals surface area (Å²) < 4.78 is 23.8. The number of aromatic nitrogens is 5. The smallest absolute Gasteiger partial charge is 0.253 e. The number of nitrogens with one attached hydrogen (secondary N) is 1. The van der Waals surface area contributed by atoms with Crippen LogP contribution < -0.4 is 5.32 Å². The number of carbonyl (C=O) groups is 1. The summed E-state index contributed by atoms with van der Waals surface area (Å²) in [4.78, 5) is 12.9. The standard InChI is InChI=1S/C25H25FN6O2S/c26-20-9-2-4-11-22(20)32-23(29-30-25(32)35-17-18-7-5-16-34-18)12-14-27-24(33)19-8-1-3-10-21(19)31-15-6-13-28-31/h1-4,6,8-11,13,15,18H,5,7,12,14,16-17H2,(H,27,33)/t18-/m1/s1. The third-order valence-corrected chi connectivity index (χ3v) is 6.81. The van der Waals surface area contributed by atoms with Gasteiger partial charge in [0.25, 0.3) is 5.91 Å². The van der Waals surface area contributed by atoms with Crippen LogP contribution in [0.1, 0.15) is 29.0 Å². The summed E-state index contributed by atoms with van der Waals surface area (Å²) in [6.07, 6.45) is 6.08. The highest BCUT2D eigenvalue weighted by molar-refractivity contribution is 7.99. The van der Waals surface area contributed by atoms with Gasteiger partial charge in [-0.2, -0.15) is 5.10 Å². The van der Waals surface area contributed by atoms with Crippen molar-refractivity contribution in [3.63, 3.8) is 0 Å². The summed E-state index contributed by atoms with van der Waals surface area (Å²) in [6, 6.07) is 15.6. The van der Waals surface area contributed by atoms with Crippen molar-refractivity contribution >= 4 is 17.7 Å². The Morgan fingerprint density at radius 2 is 1.94 bits per heavy atom. The number of hydrogen-bond donors (Lipinski definition) is 1. The molecule has 8 nitrogen and oxygen atoms in total. The van der Waals surface area contributed by atoms with E-state index in [1.54, 1.807) is 52.0 Å². The Labute approximate surface area is 206 Å². The monoisotopic (exact) mass is 492 g/mol. The van der Waals surface area contributed by atoms with Crippen LogP contribution in [0.15, 0.2) is 72.1 Å². The molecule has 0 unspecified atom stereocenters. The van der Waals surface area contributed by atoms with E-state index in [0.29, 0.717) is 40.9 Å². The Morgan fingerprint density at radius 3 is 2.71 bits per heavy atom. The molecule has 1 amide bonds. The first-order chi connectivity index (χ1) is 17.2. The van der Waals surface area contributed by atoms with Crippen LogP contribution in [0.2, 0.25) is 0 Å². The highest BCUT2D eigenvalue weighted by atomic mass is 32.2. The Morgan fingerprint density at radius 1 is 1.11 bits per heavy atom. The number of ether oxygens (including phenoxy) is 1. The number of amides is 1. The minimum absolute atomic E-state index is 0.170. The zero-order valence-electron chi connectivity index (χ0n) is 19.0. The van der Waals surface area contributed by atoms with Gasteiger partial charge in [-0.3, -0.25) is 9.36 Å². The number of rotatable bonds is 9. The van der Waals surface area contributed by atoms with Gasteiger partial charge in [0.1, 0.15) is 11.6 Å². The molecule has 1 aliphatic rings. The third-order valence-electron chi connectivity index (χ3n) is 5.75. The number of hydrogen-bond acceptors (Lipinski definition) is 6. The Kier molecular flexibility index (Phi) is 7.20. The molecule has 10 heteroatoms. The number of carbonyl (C=O) groups excluding carboxylic acids is 1. The van der Waals surface area contributed by atoms with Crippen LogP contribution >= 0.6 is 11.8 Å². The highest BCUT2D eigenvalue weighted by Gasteiger charge is 2.21. The molecule has 180 valence electrons. The fourth-order valence-corrected chi connectivity index (χ4v) is 5.06. The molecule has 2 aromatic carbocycles. The SMILES string of the molecule is O=C(NCCc1nnc(SC[C@H]2CCCO2)n1-c1ccccc1F)c1ccccc1-n1cccn1. The molecule has 4 aromatic rings. The van der Waals surface area contributed by atoms with Crippen LogP contribution in [0, 0.1) is 5.82 Å². The van der Waals surface area contributed by atoms with Gasteiger partial charge in [0.05, 0.1) is 23.0 Å². The average Bonchev–Trinajstić information content (AvgIpc) is 3.66. The molecular weight excluding hydrogens is 467 g/mol. The number of thioether (sulfide) groups is 1. The Bertz CT molecular complexity index is 1290. The lowest BCUT2D eigenvalue weighted by molar-refractivity contribution is 0.0953. The summed E-state index contributed by atoms with van der Waals surface area (Å²) in [5.41, 5.74) is 1.59. The fraction of sp³-hybridized carbons (Fsp3) is 0.280. The minimum Gasteiger partial charge on any atom is -0.377 e. The van der Waals surface area contributed by atoms with E-state index in [-0.39, 0.29) is 17.8 Å². The van der Waals surface area contributed by atoms with Crippen molar-refractivity contribution in [1.82, 2.24) is 29.9 Å². The first kappa shape index (κ1) is 23.3. The lowest BCUT2D eigenvalue weighted by Crippen LogP contribution is -2.27. The lowest BCUT2D eigenvalue weighted by atomic mass is 10.1. The molecule has 3 heterocycles. The van der Waals surface area contributed by atoms with E-state index in [4.69, 9.17) is 4.74 Å². The molecular formula is C25H25FN6O2S. The van der Waals surface area contributed by atoms with Gasteiger partial charge in [-0.1, -0.05) is 36.0 Å². The topological polar surface area (TPSA) is 86.9 Å². The molecule has 0 spiro atoms. The summed E-state index contributed by atoms with van der Waals surface area (Å²) in [5, 5.41) is 16.4. The average molecular weight is 493 g/mol. The van der Waals surface area contributed by atoms with Gasteiger partial charge < -0.3 is 10.1 Å². The van der Waals surface area contributed by atoms with Crippen LogP contribution in [-0.2, 0) is 11.2 Å². The number of nitrogens with zero attached hydrogens (tertiary/aromatic N) is 5. The maximum atomic E-state index is 14.7. The molecule has 1 atom stereocenters. The van der Waals surface area contributed by atoms with E-state index in [1.165, 1.54) is 17.8 Å². The molecule has 1 aliphatic heterocycles. The first-order valence-corrected chi connectivity index (χ1v) is 12.5. The zero-order chi connectivity index (χ0) is 24.0. The van der Waals surface area contributed by atoms with Gasteiger partial charge in [-0.05, 0) is 43.2 Å². The normalized spacial score (nSPS) is 15.4. The van der Waals surface area contributed by atoms with Gasteiger partial charge >= 0.3 is 0 Å². The molecule has 0 bridgehead atoms. The van der Waals surface area contributed by atoms with Crippen molar-refractivity contribution in [2.75, 3.05) is 18.9 Å². The van der Waals surface area contributed by atoms with Crippen LogP contribution in [0.25, 0.3) is 11.4 Å². The van der Waals surface area contributed by atoms with Gasteiger partial charge in [0.15, 0.2) is 5.16 Å². The molecule has 2 aromatic heterocycles. The molecule has 0 radical (unpaired) electrons. The van der Waals surface area contributed by atoms with Crippen molar-refractivity contribution in [2.24, 2.45) is 0 Å². The van der Waals surface area contributed by atoms with Crippen molar-refractivity contribution in [3.8, 4) is 11.4 Å². The molecule has 1 saturated heterocycles. The summed E-state index contributed by atoms with van der Waals surface area (Å²) >= 11 is 1.51. The molecule has 5 rings (SSSR count). The van der Waals surface area contributed by atoms with Gasteiger partial charge in [-0.15, -0.1) is 10.2 Å². The van der Waals surface area contributed by atoms with Crippen molar-refractivity contribution in [2.45, 2.75) is 30.5 Å².